The number of hydrogen-bond donors (Lipinski definition) is 6. The highest BCUT2D eigenvalue weighted by molar-refractivity contribution is 7.14. The lowest BCUT2D eigenvalue weighted by Crippen LogP contribution is -2.56. The quantitative estimate of drug-likeness (QED) is 0.0907. The van der Waals surface area contributed by atoms with Crippen molar-refractivity contribution >= 4 is 116 Å². The summed E-state index contributed by atoms with van der Waals surface area (Å²) in [6.07, 6.45) is 11.9. The number of pyridine rings is 2. The lowest BCUT2D eigenvalue weighted by atomic mass is 9.82. The van der Waals surface area contributed by atoms with E-state index in [1.54, 1.807) is 47.2 Å². The molecule has 6 atom stereocenters. The number of amides is 6. The van der Waals surface area contributed by atoms with E-state index in [1.165, 1.54) is 47.2 Å². The molecule has 20 nitrogen and oxygen atoms in total. The summed E-state index contributed by atoms with van der Waals surface area (Å²) in [5.74, 6) is -3.02. The molecule has 2 aliphatic carbocycles. The fourth-order valence-electron chi connectivity index (χ4n) is 9.34. The van der Waals surface area contributed by atoms with Crippen molar-refractivity contribution in [2.24, 2.45) is 0 Å². The lowest BCUT2D eigenvalue weighted by molar-refractivity contribution is -0.136. The number of rotatable bonds is 10. The Labute approximate surface area is 451 Å². The molecule has 2 saturated carbocycles. The van der Waals surface area contributed by atoms with Crippen molar-refractivity contribution in [2.75, 3.05) is 37.8 Å². The summed E-state index contributed by atoms with van der Waals surface area (Å²) >= 11 is 17.6. The van der Waals surface area contributed by atoms with E-state index in [1.807, 2.05) is 10.8 Å². The van der Waals surface area contributed by atoms with Crippen LogP contribution < -0.4 is 31.9 Å². The summed E-state index contributed by atoms with van der Waals surface area (Å²) in [5.41, 5.74) is 1.96. The molecule has 4 aliphatic rings. The number of nitrogens with one attached hydrogen (secondary N) is 6. The summed E-state index contributed by atoms with van der Waals surface area (Å²) in [6.45, 7) is 3.40. The van der Waals surface area contributed by atoms with Crippen molar-refractivity contribution in [2.45, 2.75) is 100 Å². The molecule has 2 aliphatic heterocycles. The van der Waals surface area contributed by atoms with E-state index in [9.17, 15) is 28.8 Å². The van der Waals surface area contributed by atoms with Crippen LogP contribution in [0.1, 0.15) is 101 Å². The zero-order valence-electron chi connectivity index (χ0n) is 40.1. The molecule has 6 aromatic rings. The van der Waals surface area contributed by atoms with Gasteiger partial charge in [-0.25, -0.2) is 29.9 Å². The molecule has 6 aromatic heterocycles. The molecule has 8 heterocycles. The third-order valence-corrected chi connectivity index (χ3v) is 17.6. The molecule has 0 radical (unpaired) electrons. The van der Waals surface area contributed by atoms with Crippen LogP contribution in [-0.2, 0) is 45.1 Å². The van der Waals surface area contributed by atoms with Crippen LogP contribution in [0, 0.1) is 0 Å². The SMILES string of the molecule is CN1CCc2nc(C(=O)N[C@@H]3C[C@@H](c4nccs4)CC[C@@H]3NC(=O)C(=O)Nc3ccc(Cl)cn3)sc2C1.CN1CCc2nc(C(=O)N[C@@H]3C[C@H](c4nccs4)CC[C@@H]3NC(=O)C(=O)Nc3ccc(Cl)cn3)sc2C1. The molecule has 0 spiro atoms. The van der Waals surface area contributed by atoms with Crippen molar-refractivity contribution < 1.29 is 28.8 Å². The van der Waals surface area contributed by atoms with Gasteiger partial charge in [-0.05, 0) is 76.9 Å². The maximum absolute atomic E-state index is 13.2. The topological polar surface area (TPSA) is 258 Å². The predicted molar refractivity (Wildman–Crippen MR) is 284 cm³/mol. The Morgan fingerprint density at radius 2 is 0.986 bits per heavy atom. The predicted octanol–water partition coefficient (Wildman–Crippen LogP) is 5.65. The van der Waals surface area contributed by atoms with Crippen molar-refractivity contribution in [3.05, 3.63) is 111 Å². The number of aromatic nitrogens is 6. The van der Waals surface area contributed by atoms with Gasteiger partial charge in [0, 0.05) is 108 Å². The number of fused-ring (bicyclic) bond motifs is 2. The highest BCUT2D eigenvalue weighted by Gasteiger charge is 2.38. The van der Waals surface area contributed by atoms with E-state index in [0.717, 1.165) is 83.0 Å². The highest BCUT2D eigenvalue weighted by Crippen LogP contribution is 2.36. The van der Waals surface area contributed by atoms with Gasteiger partial charge in [0.2, 0.25) is 0 Å². The molecule has 0 saturated heterocycles. The monoisotopic (exact) mass is 1120 g/mol. The molecule has 0 aromatic carbocycles. The van der Waals surface area contributed by atoms with Gasteiger partial charge in [-0.3, -0.25) is 28.8 Å². The smallest absolute Gasteiger partial charge is 0.314 e. The van der Waals surface area contributed by atoms with Crippen molar-refractivity contribution in [1.29, 1.82) is 0 Å². The molecule has 10 rings (SSSR count). The van der Waals surface area contributed by atoms with Crippen LogP contribution in [0.2, 0.25) is 10.0 Å². The van der Waals surface area contributed by atoms with E-state index in [4.69, 9.17) is 23.2 Å². The van der Waals surface area contributed by atoms with E-state index in [-0.39, 0.29) is 47.4 Å². The summed E-state index contributed by atoms with van der Waals surface area (Å²) in [7, 11) is 4.10. The third-order valence-electron chi connectivity index (χ3n) is 13.2. The Bertz CT molecular complexity index is 2760. The number of carbonyl (C=O) groups excluding carboxylic acids is 6. The van der Waals surface area contributed by atoms with Crippen molar-refractivity contribution in [3.8, 4) is 0 Å². The molecular weight excluding hydrogens is 1070 g/mol. The van der Waals surface area contributed by atoms with Gasteiger partial charge in [0.15, 0.2) is 10.0 Å². The number of nitrogens with zero attached hydrogens (tertiary/aromatic N) is 8. The van der Waals surface area contributed by atoms with Gasteiger partial charge in [0.05, 0.1) is 43.5 Å². The normalized spacial score (nSPS) is 21.6. The Morgan fingerprint density at radius 1 is 0.554 bits per heavy atom. The van der Waals surface area contributed by atoms with Crippen LogP contribution in [0.5, 0.6) is 0 Å². The Hall–Kier alpha value is -5.86. The fourth-order valence-corrected chi connectivity index (χ4v) is 13.3. The summed E-state index contributed by atoms with van der Waals surface area (Å²) < 4.78 is 0. The Balaban J connectivity index is 0.000000182. The summed E-state index contributed by atoms with van der Waals surface area (Å²) in [4.78, 5) is 110. The minimum absolute atomic E-state index is 0.156. The summed E-state index contributed by atoms with van der Waals surface area (Å²) in [6, 6.07) is 4.56. The van der Waals surface area contributed by atoms with Crippen LogP contribution in [0.15, 0.2) is 59.8 Å². The first kappa shape index (κ1) is 53.0. The number of likely N-dealkylation sites (N-methyl/N-ethyl adjacent to an activating group) is 2. The number of carbonyl (C=O) groups is 6. The first-order valence-electron chi connectivity index (χ1n) is 23.9. The third kappa shape index (κ3) is 13.5. The molecular formula is C48H52Cl2N14O6S4. The molecule has 6 N–H and O–H groups in total. The lowest BCUT2D eigenvalue weighted by Gasteiger charge is -2.36. The van der Waals surface area contributed by atoms with Crippen LogP contribution in [-0.4, -0.2) is 126 Å². The second-order valence-electron chi connectivity index (χ2n) is 18.5. The second kappa shape index (κ2) is 24.2. The van der Waals surface area contributed by atoms with Gasteiger partial charge in [0.25, 0.3) is 11.8 Å². The van der Waals surface area contributed by atoms with Crippen LogP contribution in [0.3, 0.4) is 0 Å². The largest absolute Gasteiger partial charge is 0.345 e. The average Bonchev–Trinajstić information content (AvgIpc) is 4.25. The first-order valence-corrected chi connectivity index (χ1v) is 28.1. The van der Waals surface area contributed by atoms with Gasteiger partial charge in [-0.15, -0.1) is 45.3 Å². The first-order chi connectivity index (χ1) is 35.7. The standard InChI is InChI=1S/2C24H26ClN7O3S2/c2*1-32-8-6-16-18(12-32)37-24(30-16)22(35)29-17-10-13(23-26-7-9-36-23)2-4-15(17)28-20(33)21(34)31-19-5-3-14(25)11-27-19/h2*3,5,7,9,11,13,15,17H,2,4,6,8,10,12H2,1H3,(H,28,33)(H,29,35)(H,27,31,34)/t13-,15+,17-;13-,15-,17+/m10/s1. The van der Waals surface area contributed by atoms with Gasteiger partial charge in [0.1, 0.15) is 11.6 Å². The van der Waals surface area contributed by atoms with Gasteiger partial charge < -0.3 is 41.7 Å². The zero-order chi connectivity index (χ0) is 51.9. The Morgan fingerprint density at radius 3 is 1.36 bits per heavy atom. The van der Waals surface area contributed by atoms with Crippen molar-refractivity contribution in [3.63, 3.8) is 0 Å². The van der Waals surface area contributed by atoms with Gasteiger partial charge >= 0.3 is 23.6 Å². The molecule has 74 heavy (non-hydrogen) atoms. The minimum atomic E-state index is -0.835. The fraction of sp³-hybridized carbons (Fsp3) is 0.417. The highest BCUT2D eigenvalue weighted by atomic mass is 35.5. The van der Waals surface area contributed by atoms with E-state index in [0.29, 0.717) is 45.7 Å². The Kier molecular flexibility index (Phi) is 17.3. The number of hydrogen-bond acceptors (Lipinski definition) is 18. The molecule has 6 amide bonds. The van der Waals surface area contributed by atoms with Crippen LogP contribution in [0.4, 0.5) is 11.6 Å². The minimum Gasteiger partial charge on any atom is -0.345 e. The maximum Gasteiger partial charge on any atom is 0.314 e. The van der Waals surface area contributed by atoms with Crippen LogP contribution in [0.25, 0.3) is 0 Å². The van der Waals surface area contributed by atoms with Crippen molar-refractivity contribution in [1.82, 2.24) is 61.0 Å². The number of halogens is 2. The molecule has 26 heteroatoms. The molecule has 388 valence electrons. The van der Waals surface area contributed by atoms with E-state index in [2.05, 4.69) is 85.7 Å². The van der Waals surface area contributed by atoms with Crippen LogP contribution >= 0.6 is 68.5 Å². The molecule has 0 bridgehead atoms. The average molecular weight is 1120 g/mol. The maximum atomic E-state index is 13.2. The number of thiazole rings is 4. The van der Waals surface area contributed by atoms with Gasteiger partial charge in [-0.2, -0.15) is 0 Å². The molecule has 2 fully saturated rings. The molecule has 0 unspecified atom stereocenters. The van der Waals surface area contributed by atoms with E-state index < -0.39 is 35.7 Å². The van der Waals surface area contributed by atoms with Gasteiger partial charge in [-0.1, -0.05) is 23.2 Å². The number of anilines is 2. The zero-order valence-corrected chi connectivity index (χ0v) is 44.9. The van der Waals surface area contributed by atoms with E-state index >= 15 is 0 Å². The summed E-state index contributed by atoms with van der Waals surface area (Å²) in [5, 5.41) is 24.3. The second-order valence-corrected chi connectivity index (χ2v) is 23.4.